The van der Waals surface area contributed by atoms with Gasteiger partial charge in [0.2, 0.25) is 0 Å². The third-order valence-corrected chi connectivity index (χ3v) is 5.10. The van der Waals surface area contributed by atoms with Gasteiger partial charge in [-0.3, -0.25) is 0 Å². The summed E-state index contributed by atoms with van der Waals surface area (Å²) in [7, 11) is 0. The molecule has 0 bridgehead atoms. The zero-order valence-electron chi connectivity index (χ0n) is 13.3. The summed E-state index contributed by atoms with van der Waals surface area (Å²) >= 11 is 3.49. The van der Waals surface area contributed by atoms with Crippen LogP contribution in [0.1, 0.15) is 34.3 Å². The van der Waals surface area contributed by atoms with E-state index >= 15 is 0 Å². The van der Waals surface area contributed by atoms with Gasteiger partial charge in [-0.25, -0.2) is 4.79 Å². The Balaban J connectivity index is 1.77. The Kier molecular flexibility index (Phi) is 5.33. The van der Waals surface area contributed by atoms with E-state index in [1.807, 2.05) is 12.1 Å². The fraction of sp³-hybridized carbons (Fsp3) is 0.316. The topological polar surface area (TPSA) is 58.6 Å². The van der Waals surface area contributed by atoms with E-state index in [1.54, 1.807) is 12.1 Å². The Morgan fingerprint density at radius 3 is 2.29 bits per heavy atom. The van der Waals surface area contributed by atoms with Gasteiger partial charge < -0.3 is 15.2 Å². The molecule has 0 saturated carbocycles. The first kappa shape index (κ1) is 17.1. The second-order valence-electron chi connectivity index (χ2n) is 6.06. The van der Waals surface area contributed by atoms with E-state index < -0.39 is 5.97 Å². The number of nitrogens with one attached hydrogen (secondary N) is 1. The van der Waals surface area contributed by atoms with Crippen molar-refractivity contribution in [1.29, 1.82) is 0 Å². The lowest BCUT2D eigenvalue weighted by molar-refractivity contribution is 0.0358. The number of hydrogen-bond donors (Lipinski definition) is 2. The summed E-state index contributed by atoms with van der Waals surface area (Å²) in [4.78, 5) is 10.9. The molecule has 1 fully saturated rings. The van der Waals surface area contributed by atoms with Crippen molar-refractivity contribution in [3.8, 4) is 0 Å². The normalized spacial score (nSPS) is 16.7. The van der Waals surface area contributed by atoms with E-state index in [2.05, 4.69) is 45.5 Å². The summed E-state index contributed by atoms with van der Waals surface area (Å²) in [5.41, 5.74) is 2.54. The molecule has 126 valence electrons. The molecule has 0 unspecified atom stereocenters. The molecule has 2 aromatic rings. The molecule has 3 rings (SSSR count). The number of halogens is 1. The van der Waals surface area contributed by atoms with Crippen molar-refractivity contribution in [3.63, 3.8) is 0 Å². The van der Waals surface area contributed by atoms with E-state index in [1.165, 1.54) is 5.56 Å². The van der Waals surface area contributed by atoms with Crippen molar-refractivity contribution in [2.45, 2.75) is 24.9 Å². The van der Waals surface area contributed by atoms with Crippen molar-refractivity contribution in [2.75, 3.05) is 13.2 Å². The molecule has 1 aliphatic rings. The minimum Gasteiger partial charge on any atom is -0.478 e. The predicted molar refractivity (Wildman–Crippen MR) is 96.1 cm³/mol. The fourth-order valence-electron chi connectivity index (χ4n) is 3.09. The molecule has 0 amide bonds. The molecule has 2 aromatic carbocycles. The minimum absolute atomic E-state index is 0.107. The molecule has 5 heteroatoms. The maximum Gasteiger partial charge on any atom is 0.335 e. The highest BCUT2D eigenvalue weighted by Crippen LogP contribution is 2.33. The van der Waals surface area contributed by atoms with Gasteiger partial charge in [0.15, 0.2) is 0 Å². The van der Waals surface area contributed by atoms with Crippen LogP contribution in [0.2, 0.25) is 0 Å². The van der Waals surface area contributed by atoms with Gasteiger partial charge in [0, 0.05) is 29.8 Å². The first-order valence-corrected chi connectivity index (χ1v) is 8.79. The first-order chi connectivity index (χ1) is 11.6. The van der Waals surface area contributed by atoms with E-state index in [0.29, 0.717) is 12.1 Å². The lowest BCUT2D eigenvalue weighted by atomic mass is 9.82. The molecule has 1 heterocycles. The van der Waals surface area contributed by atoms with Gasteiger partial charge in [-0.1, -0.05) is 40.2 Å². The smallest absolute Gasteiger partial charge is 0.335 e. The number of aromatic carboxylic acids is 1. The summed E-state index contributed by atoms with van der Waals surface area (Å²) in [6.07, 6.45) is 1.84. The Hall–Kier alpha value is -1.69. The number of benzene rings is 2. The van der Waals surface area contributed by atoms with Crippen molar-refractivity contribution in [3.05, 3.63) is 69.7 Å². The highest BCUT2D eigenvalue weighted by atomic mass is 79.9. The summed E-state index contributed by atoms with van der Waals surface area (Å²) in [6, 6.07) is 15.5. The molecular weight excluding hydrogens is 370 g/mol. The maximum absolute atomic E-state index is 10.9. The largest absolute Gasteiger partial charge is 0.478 e. The number of rotatable bonds is 5. The van der Waals surface area contributed by atoms with Crippen LogP contribution in [-0.2, 0) is 16.8 Å². The zero-order valence-corrected chi connectivity index (χ0v) is 14.9. The summed E-state index contributed by atoms with van der Waals surface area (Å²) < 4.78 is 6.62. The van der Waals surface area contributed by atoms with E-state index in [-0.39, 0.29) is 5.54 Å². The van der Waals surface area contributed by atoms with Gasteiger partial charge in [-0.2, -0.15) is 0 Å². The van der Waals surface area contributed by atoms with Crippen LogP contribution in [0.4, 0.5) is 0 Å². The molecule has 1 saturated heterocycles. The minimum atomic E-state index is -0.898. The summed E-state index contributed by atoms with van der Waals surface area (Å²) in [5.74, 6) is -0.898. The van der Waals surface area contributed by atoms with Crippen molar-refractivity contribution < 1.29 is 14.6 Å². The van der Waals surface area contributed by atoms with E-state index in [9.17, 15) is 4.79 Å². The van der Waals surface area contributed by atoms with Crippen LogP contribution in [0.3, 0.4) is 0 Å². The number of ether oxygens (including phenoxy) is 1. The van der Waals surface area contributed by atoms with Crippen LogP contribution in [-0.4, -0.2) is 24.3 Å². The quantitative estimate of drug-likeness (QED) is 0.812. The molecule has 1 aliphatic heterocycles. The van der Waals surface area contributed by atoms with Crippen molar-refractivity contribution in [1.82, 2.24) is 5.32 Å². The highest BCUT2D eigenvalue weighted by Gasteiger charge is 2.33. The lowest BCUT2D eigenvalue weighted by Crippen LogP contribution is -2.46. The maximum atomic E-state index is 10.9. The molecule has 2 N–H and O–H groups in total. The monoisotopic (exact) mass is 389 g/mol. The highest BCUT2D eigenvalue weighted by molar-refractivity contribution is 9.10. The molecule has 0 aliphatic carbocycles. The Morgan fingerprint density at radius 2 is 1.71 bits per heavy atom. The van der Waals surface area contributed by atoms with Crippen molar-refractivity contribution in [2.24, 2.45) is 0 Å². The molecule has 24 heavy (non-hydrogen) atoms. The standard InChI is InChI=1S/C19H20BrNO3/c20-17-7-5-16(6-8-17)19(9-11-24-12-10-19)21-13-14-1-3-15(4-2-14)18(22)23/h1-8,21H,9-13H2,(H,22,23). The van der Waals surface area contributed by atoms with Crippen LogP contribution in [0.15, 0.2) is 53.0 Å². The fourth-order valence-corrected chi connectivity index (χ4v) is 3.36. The number of carboxylic acids is 1. The van der Waals surface area contributed by atoms with Gasteiger partial charge in [0.05, 0.1) is 5.56 Å². The van der Waals surface area contributed by atoms with Gasteiger partial charge in [0.25, 0.3) is 0 Å². The van der Waals surface area contributed by atoms with Gasteiger partial charge in [-0.15, -0.1) is 0 Å². The number of carboxylic acid groups (broad SMARTS) is 1. The van der Waals surface area contributed by atoms with Gasteiger partial charge in [-0.05, 0) is 48.2 Å². The second kappa shape index (κ2) is 7.47. The molecule has 4 nitrogen and oxygen atoms in total. The SMILES string of the molecule is O=C(O)c1ccc(CNC2(c3ccc(Br)cc3)CCOCC2)cc1. The number of hydrogen-bond acceptors (Lipinski definition) is 3. The number of carbonyl (C=O) groups is 1. The molecular formula is C19H20BrNO3. The molecule has 0 spiro atoms. The average molecular weight is 390 g/mol. The average Bonchev–Trinajstić information content (AvgIpc) is 2.62. The van der Waals surface area contributed by atoms with Crippen LogP contribution < -0.4 is 5.32 Å². The van der Waals surface area contributed by atoms with Gasteiger partial charge in [0.1, 0.15) is 0 Å². The third-order valence-electron chi connectivity index (χ3n) is 4.57. The first-order valence-electron chi connectivity index (χ1n) is 8.00. The van der Waals surface area contributed by atoms with Gasteiger partial charge >= 0.3 is 5.97 Å². The summed E-state index contributed by atoms with van der Waals surface area (Å²) in [5, 5.41) is 12.7. The van der Waals surface area contributed by atoms with E-state index in [0.717, 1.165) is 36.1 Å². The third kappa shape index (κ3) is 3.86. The summed E-state index contributed by atoms with van der Waals surface area (Å²) in [6.45, 7) is 2.16. The molecule has 0 aromatic heterocycles. The Labute approximate surface area is 150 Å². The Bertz CT molecular complexity index is 692. The van der Waals surface area contributed by atoms with E-state index in [4.69, 9.17) is 9.84 Å². The van der Waals surface area contributed by atoms with Crippen LogP contribution >= 0.6 is 15.9 Å². The predicted octanol–water partition coefficient (Wildman–Crippen LogP) is 3.94. The zero-order chi connectivity index (χ0) is 17.0. The van der Waals surface area contributed by atoms with Crippen LogP contribution in [0.5, 0.6) is 0 Å². The Morgan fingerprint density at radius 1 is 1.08 bits per heavy atom. The lowest BCUT2D eigenvalue weighted by Gasteiger charge is -2.39. The van der Waals surface area contributed by atoms with Crippen molar-refractivity contribution >= 4 is 21.9 Å². The van der Waals surface area contributed by atoms with Crippen LogP contribution in [0, 0.1) is 0 Å². The molecule has 0 atom stereocenters. The second-order valence-corrected chi connectivity index (χ2v) is 6.97. The molecule has 0 radical (unpaired) electrons. The van der Waals surface area contributed by atoms with Crippen LogP contribution in [0.25, 0.3) is 0 Å².